The first-order valence-electron chi connectivity index (χ1n) is 0.697. The molecule has 0 heterocycles. The molecular weight excluding hydrogens is 61.0 g/mol. The van der Waals surface area contributed by atoms with Crippen molar-refractivity contribution in [2.45, 2.75) is 0 Å². The normalized spacial score (nSPS) is 3.00. The van der Waals surface area contributed by atoms with Gasteiger partial charge >= 0.3 is 29.6 Å². The summed E-state index contributed by atoms with van der Waals surface area (Å²) in [6.45, 7) is 3.03. The Hall–Kier alpha value is 0.540. The van der Waals surface area contributed by atoms with Gasteiger partial charge < -0.3 is 5.73 Å². The van der Waals surface area contributed by atoms with Crippen LogP contribution >= 0.6 is 0 Å². The average molecular weight is 65.1 g/mol. The molecule has 0 aliphatic heterocycles. The van der Waals surface area contributed by atoms with E-state index in [-0.39, 0.29) is 29.6 Å². The monoisotopic (exact) mass is 65.0 g/mol. The van der Waals surface area contributed by atoms with Gasteiger partial charge in [-0.2, -0.15) is 6.20 Å². The molecule has 0 unspecified atom stereocenters. The van der Waals surface area contributed by atoms with Crippen molar-refractivity contribution >= 4 is 0 Å². The molecule has 0 radical (unpaired) electrons. The molecule has 0 aliphatic rings. The van der Waals surface area contributed by atoms with Crippen molar-refractivity contribution in [3.8, 4) is 0 Å². The Morgan fingerprint density at radius 1 is 1.75 bits per heavy atom. The number of hydrogen-bond donors (Lipinski definition) is 0. The number of nitrogens with one attached hydrogen (secondary N) is 1. The smallest absolute Gasteiger partial charge is 0.705 e. The molecule has 4 heavy (non-hydrogen) atoms. The summed E-state index contributed by atoms with van der Waals surface area (Å²) in [7, 11) is 0. The summed E-state index contributed by atoms with van der Waals surface area (Å²) in [5, 5.41) is 0. The van der Waals surface area contributed by atoms with Crippen LogP contribution in [0.3, 0.4) is 0 Å². The van der Waals surface area contributed by atoms with Crippen LogP contribution in [0, 0.1) is 0 Å². The van der Waals surface area contributed by atoms with Crippen LogP contribution in [0.25, 0.3) is 5.73 Å². The first-order valence-corrected chi connectivity index (χ1v) is 0.697. The van der Waals surface area contributed by atoms with Crippen LogP contribution in [-0.4, -0.2) is 0 Å². The van der Waals surface area contributed by atoms with Gasteiger partial charge in [0, 0.05) is 0 Å². The van der Waals surface area contributed by atoms with Gasteiger partial charge in [-0.15, -0.1) is 6.58 Å². The number of rotatable bonds is 0. The van der Waals surface area contributed by atoms with Crippen LogP contribution in [0.2, 0.25) is 0 Å². The van der Waals surface area contributed by atoms with Gasteiger partial charge in [0.15, 0.2) is 0 Å². The Kier molecular flexibility index (Phi) is 21.2. The molecule has 0 bridgehead atoms. The minimum Gasteiger partial charge on any atom is -0.705 e. The van der Waals surface area contributed by atoms with E-state index in [2.05, 4.69) is 6.58 Å². The molecule has 0 aromatic carbocycles. The Labute approximate surface area is 48.2 Å². The summed E-state index contributed by atoms with van der Waals surface area (Å²) in [6, 6.07) is 0. The van der Waals surface area contributed by atoms with E-state index in [1.807, 2.05) is 0 Å². The zero-order valence-corrected chi connectivity index (χ0v) is 4.78. The molecule has 18 valence electrons. The molecule has 0 aromatic rings. The predicted molar refractivity (Wildman–Crippen MR) is 14.5 cm³/mol. The first-order chi connectivity index (χ1) is 1.41. The van der Waals surface area contributed by atoms with Crippen LogP contribution in [0.15, 0.2) is 12.8 Å². The standard InChI is InChI=1S/C2H4N.Na/c1-2-3;/h2-3H,1H2;/q-1;+1. The van der Waals surface area contributed by atoms with Gasteiger partial charge in [0.05, 0.1) is 0 Å². The maximum Gasteiger partial charge on any atom is 1.00 e. The van der Waals surface area contributed by atoms with Gasteiger partial charge in [-0.3, -0.25) is 0 Å². The molecule has 0 rings (SSSR count). The SMILES string of the molecule is C=C[NH-].[Na+]. The summed E-state index contributed by atoms with van der Waals surface area (Å²) in [6.07, 6.45) is 1.00. The second kappa shape index (κ2) is 9.63. The minimum absolute atomic E-state index is 0. The van der Waals surface area contributed by atoms with E-state index < -0.39 is 0 Å². The third-order valence-electron chi connectivity index (χ3n) is 0. The van der Waals surface area contributed by atoms with Crippen molar-refractivity contribution in [2.75, 3.05) is 0 Å². The molecule has 0 aromatic heterocycles. The Bertz CT molecular complexity index is 13.5. The molecule has 0 saturated heterocycles. The molecule has 0 spiro atoms. The summed E-state index contributed by atoms with van der Waals surface area (Å²) in [5.41, 5.74) is 5.97. The van der Waals surface area contributed by atoms with Crippen LogP contribution in [0.1, 0.15) is 0 Å². The fourth-order valence-corrected chi connectivity index (χ4v) is 0. The van der Waals surface area contributed by atoms with Gasteiger partial charge in [0.25, 0.3) is 0 Å². The topological polar surface area (TPSA) is 23.8 Å². The first kappa shape index (κ1) is 8.82. The van der Waals surface area contributed by atoms with Crippen molar-refractivity contribution in [1.29, 1.82) is 0 Å². The molecule has 1 N–H and O–H groups in total. The Morgan fingerprint density at radius 3 is 1.75 bits per heavy atom. The zero-order chi connectivity index (χ0) is 2.71. The second-order valence-corrected chi connectivity index (χ2v) is 0.204. The molecule has 0 saturated carbocycles. The van der Waals surface area contributed by atoms with Crippen molar-refractivity contribution in [3.63, 3.8) is 0 Å². The van der Waals surface area contributed by atoms with E-state index in [0.717, 1.165) is 6.20 Å². The fraction of sp³-hybridized carbons (Fsp3) is 0. The largest absolute Gasteiger partial charge is 1.00 e. The molecule has 2 heteroatoms. The summed E-state index contributed by atoms with van der Waals surface area (Å²) < 4.78 is 0. The summed E-state index contributed by atoms with van der Waals surface area (Å²) in [5.74, 6) is 0. The van der Waals surface area contributed by atoms with E-state index >= 15 is 0 Å². The Balaban J connectivity index is 0. The van der Waals surface area contributed by atoms with Gasteiger partial charge in [0.2, 0.25) is 0 Å². The van der Waals surface area contributed by atoms with Crippen molar-refractivity contribution in [3.05, 3.63) is 18.5 Å². The molecule has 1 nitrogen and oxygen atoms in total. The third kappa shape index (κ3) is 20.7. The van der Waals surface area contributed by atoms with E-state index in [1.54, 1.807) is 0 Å². The van der Waals surface area contributed by atoms with Crippen LogP contribution in [-0.2, 0) is 0 Å². The van der Waals surface area contributed by atoms with Gasteiger partial charge in [0.1, 0.15) is 0 Å². The summed E-state index contributed by atoms with van der Waals surface area (Å²) >= 11 is 0. The quantitative estimate of drug-likeness (QED) is 0.297. The van der Waals surface area contributed by atoms with Crippen molar-refractivity contribution in [2.24, 2.45) is 0 Å². The van der Waals surface area contributed by atoms with Gasteiger partial charge in [-0.25, -0.2) is 0 Å². The van der Waals surface area contributed by atoms with Crippen LogP contribution < -0.4 is 29.6 Å². The van der Waals surface area contributed by atoms with Crippen molar-refractivity contribution in [1.82, 2.24) is 0 Å². The minimum atomic E-state index is 0. The molecular formula is C2H4NNa. The average Bonchev–Trinajstić information content (AvgIpc) is 0.918. The van der Waals surface area contributed by atoms with E-state index in [1.165, 1.54) is 0 Å². The van der Waals surface area contributed by atoms with Crippen LogP contribution in [0.4, 0.5) is 0 Å². The molecule has 0 amide bonds. The number of hydrogen-bond acceptors (Lipinski definition) is 0. The van der Waals surface area contributed by atoms with Gasteiger partial charge in [-0.1, -0.05) is 0 Å². The Morgan fingerprint density at radius 2 is 1.75 bits per heavy atom. The van der Waals surface area contributed by atoms with E-state index in [4.69, 9.17) is 5.73 Å². The fourth-order valence-electron chi connectivity index (χ4n) is 0. The van der Waals surface area contributed by atoms with E-state index in [9.17, 15) is 0 Å². The summed E-state index contributed by atoms with van der Waals surface area (Å²) in [4.78, 5) is 0. The van der Waals surface area contributed by atoms with Gasteiger partial charge in [-0.05, 0) is 0 Å². The molecule has 0 atom stereocenters. The zero-order valence-electron chi connectivity index (χ0n) is 2.78. The second-order valence-electron chi connectivity index (χ2n) is 0.204. The molecule has 0 fully saturated rings. The maximum absolute atomic E-state index is 5.97. The predicted octanol–water partition coefficient (Wildman–Crippen LogP) is -1.81. The van der Waals surface area contributed by atoms with Crippen LogP contribution in [0.5, 0.6) is 0 Å². The third-order valence-corrected chi connectivity index (χ3v) is 0. The van der Waals surface area contributed by atoms with E-state index in [0.29, 0.717) is 0 Å². The maximum atomic E-state index is 5.97. The van der Waals surface area contributed by atoms with Crippen molar-refractivity contribution < 1.29 is 29.6 Å². The molecule has 0 aliphatic carbocycles.